The number of furan rings is 1. The first kappa shape index (κ1) is 20.7. The summed E-state index contributed by atoms with van der Waals surface area (Å²) < 4.78 is 7.47. The molecule has 0 N–H and O–H groups in total. The molecule has 1 aliphatic carbocycles. The van der Waals surface area contributed by atoms with Gasteiger partial charge in [-0.15, -0.1) is 0 Å². The largest absolute Gasteiger partial charge is 0.467 e. The molecule has 1 aromatic carbocycles. The van der Waals surface area contributed by atoms with E-state index in [-0.39, 0.29) is 24.4 Å². The lowest BCUT2D eigenvalue weighted by molar-refractivity contribution is -0.139. The average molecular weight is 418 g/mol. The zero-order chi connectivity index (χ0) is 21.6. The lowest BCUT2D eigenvalue weighted by atomic mass is 10.2. The van der Waals surface area contributed by atoms with Gasteiger partial charge in [-0.1, -0.05) is 30.3 Å². The Morgan fingerprint density at radius 1 is 1.06 bits per heavy atom. The molecule has 1 aliphatic rings. The quantitative estimate of drug-likeness (QED) is 0.497. The Bertz CT molecular complexity index is 1030. The molecule has 0 radical (unpaired) electrons. The summed E-state index contributed by atoms with van der Waals surface area (Å²) in [6, 6.07) is 17.5. The van der Waals surface area contributed by atoms with Crippen molar-refractivity contribution in [3.05, 3.63) is 90.2 Å². The minimum absolute atomic E-state index is 0.0633. The number of amides is 2. The van der Waals surface area contributed by atoms with Crippen LogP contribution in [0.3, 0.4) is 0 Å². The maximum atomic E-state index is 13.3. The van der Waals surface area contributed by atoms with Gasteiger partial charge in [-0.05, 0) is 48.7 Å². The SMILES string of the molecule is Cn1cccc1CN(Cc1ccco1)C(=O)CN(C(=O)C=Cc1ccccc1)C1CC1. The van der Waals surface area contributed by atoms with Crippen molar-refractivity contribution in [3.63, 3.8) is 0 Å². The van der Waals surface area contributed by atoms with E-state index in [0.29, 0.717) is 13.1 Å². The van der Waals surface area contributed by atoms with E-state index in [2.05, 4.69) is 0 Å². The first-order valence-corrected chi connectivity index (χ1v) is 10.5. The standard InChI is InChI=1S/C25H27N3O3/c1-26-15-5-9-22(26)17-27(18-23-10-6-16-31-23)25(30)19-28(21-12-13-21)24(29)14-11-20-7-3-2-4-8-20/h2-11,14-16,21H,12-13,17-19H2,1H3. The molecule has 0 unspecified atom stereocenters. The van der Waals surface area contributed by atoms with E-state index in [1.54, 1.807) is 28.2 Å². The smallest absolute Gasteiger partial charge is 0.247 e. The van der Waals surface area contributed by atoms with E-state index in [4.69, 9.17) is 4.42 Å². The number of carbonyl (C=O) groups excluding carboxylic acids is 2. The second kappa shape index (κ2) is 9.51. The van der Waals surface area contributed by atoms with Crippen molar-refractivity contribution >= 4 is 17.9 Å². The maximum absolute atomic E-state index is 13.3. The van der Waals surface area contributed by atoms with E-state index < -0.39 is 0 Å². The molecular weight excluding hydrogens is 390 g/mol. The molecule has 4 rings (SSSR count). The third kappa shape index (κ3) is 5.54. The van der Waals surface area contributed by atoms with Crippen LogP contribution >= 0.6 is 0 Å². The van der Waals surface area contributed by atoms with Crippen molar-refractivity contribution in [1.82, 2.24) is 14.4 Å². The first-order valence-electron chi connectivity index (χ1n) is 10.5. The Morgan fingerprint density at radius 2 is 1.87 bits per heavy atom. The van der Waals surface area contributed by atoms with Gasteiger partial charge in [-0.25, -0.2) is 0 Å². The number of aryl methyl sites for hydroxylation is 1. The second-order valence-corrected chi connectivity index (χ2v) is 7.88. The van der Waals surface area contributed by atoms with Crippen LogP contribution in [0.2, 0.25) is 0 Å². The summed E-state index contributed by atoms with van der Waals surface area (Å²) in [5.74, 6) is 0.498. The molecule has 0 atom stereocenters. The number of benzene rings is 1. The van der Waals surface area contributed by atoms with Crippen molar-refractivity contribution in [2.45, 2.75) is 32.0 Å². The molecule has 31 heavy (non-hydrogen) atoms. The molecule has 2 aromatic heterocycles. The Kier molecular flexibility index (Phi) is 6.36. The maximum Gasteiger partial charge on any atom is 0.247 e. The Labute approximate surface area is 182 Å². The molecule has 6 nitrogen and oxygen atoms in total. The molecule has 1 saturated carbocycles. The highest BCUT2D eigenvalue weighted by Crippen LogP contribution is 2.27. The molecule has 1 fully saturated rings. The lowest BCUT2D eigenvalue weighted by Crippen LogP contribution is -2.43. The van der Waals surface area contributed by atoms with Gasteiger partial charge < -0.3 is 18.8 Å². The molecule has 0 aliphatic heterocycles. The molecule has 2 heterocycles. The van der Waals surface area contributed by atoms with Gasteiger partial charge in [-0.3, -0.25) is 9.59 Å². The highest BCUT2D eigenvalue weighted by molar-refractivity contribution is 5.94. The summed E-state index contributed by atoms with van der Waals surface area (Å²) in [4.78, 5) is 29.6. The molecule has 160 valence electrons. The van der Waals surface area contributed by atoms with Crippen LogP contribution in [-0.2, 0) is 29.7 Å². The van der Waals surface area contributed by atoms with E-state index in [9.17, 15) is 9.59 Å². The van der Waals surface area contributed by atoms with Crippen molar-refractivity contribution in [3.8, 4) is 0 Å². The molecule has 3 aromatic rings. The normalized spacial score (nSPS) is 13.5. The number of hydrogen-bond donors (Lipinski definition) is 0. The van der Waals surface area contributed by atoms with Crippen molar-refractivity contribution in [1.29, 1.82) is 0 Å². The zero-order valence-corrected chi connectivity index (χ0v) is 17.7. The van der Waals surface area contributed by atoms with Crippen LogP contribution in [0.15, 0.2) is 77.6 Å². The third-order valence-electron chi connectivity index (χ3n) is 5.48. The Balaban J connectivity index is 1.47. The van der Waals surface area contributed by atoms with E-state index >= 15 is 0 Å². The summed E-state index contributed by atoms with van der Waals surface area (Å²) in [6.45, 7) is 0.882. The molecule has 0 bridgehead atoms. The van der Waals surface area contributed by atoms with E-state index in [0.717, 1.165) is 29.9 Å². The predicted octanol–water partition coefficient (Wildman–Crippen LogP) is 3.85. The number of hydrogen-bond acceptors (Lipinski definition) is 3. The number of rotatable bonds is 9. The minimum Gasteiger partial charge on any atom is -0.467 e. The van der Waals surface area contributed by atoms with Crippen LogP contribution in [0.1, 0.15) is 29.9 Å². The van der Waals surface area contributed by atoms with Crippen molar-refractivity contribution in [2.75, 3.05) is 6.54 Å². The predicted molar refractivity (Wildman–Crippen MR) is 119 cm³/mol. The third-order valence-corrected chi connectivity index (χ3v) is 5.48. The monoisotopic (exact) mass is 417 g/mol. The van der Waals surface area contributed by atoms with Crippen LogP contribution in [0.25, 0.3) is 6.08 Å². The average Bonchev–Trinajstić information content (AvgIpc) is 3.34. The van der Waals surface area contributed by atoms with Crippen LogP contribution in [0.4, 0.5) is 0 Å². The Morgan fingerprint density at radius 3 is 2.52 bits per heavy atom. The fourth-order valence-corrected chi connectivity index (χ4v) is 3.53. The Hall–Kier alpha value is -3.54. The van der Waals surface area contributed by atoms with Crippen molar-refractivity contribution in [2.24, 2.45) is 7.05 Å². The van der Waals surface area contributed by atoms with Crippen LogP contribution in [0.5, 0.6) is 0 Å². The molecule has 2 amide bonds. The van der Waals surface area contributed by atoms with Gasteiger partial charge in [0.1, 0.15) is 12.3 Å². The molecular formula is C25H27N3O3. The van der Waals surface area contributed by atoms with Gasteiger partial charge in [-0.2, -0.15) is 0 Å². The fourth-order valence-electron chi connectivity index (χ4n) is 3.53. The number of aromatic nitrogens is 1. The van der Waals surface area contributed by atoms with Crippen LogP contribution in [-0.4, -0.2) is 38.8 Å². The minimum atomic E-state index is -0.128. The fraction of sp³-hybridized carbons (Fsp3) is 0.280. The molecule has 0 spiro atoms. The number of carbonyl (C=O) groups is 2. The van der Waals surface area contributed by atoms with Gasteiger partial charge in [0.15, 0.2) is 0 Å². The second-order valence-electron chi connectivity index (χ2n) is 7.88. The van der Waals surface area contributed by atoms with Crippen LogP contribution < -0.4 is 0 Å². The summed E-state index contributed by atoms with van der Waals surface area (Å²) >= 11 is 0. The van der Waals surface area contributed by atoms with Gasteiger partial charge in [0.2, 0.25) is 11.8 Å². The van der Waals surface area contributed by atoms with Gasteiger partial charge in [0.05, 0.1) is 19.4 Å². The molecule has 0 saturated heterocycles. The van der Waals surface area contributed by atoms with Crippen molar-refractivity contribution < 1.29 is 14.0 Å². The zero-order valence-electron chi connectivity index (χ0n) is 17.7. The van der Waals surface area contributed by atoms with Gasteiger partial charge in [0, 0.05) is 31.1 Å². The van der Waals surface area contributed by atoms with Gasteiger partial charge >= 0.3 is 0 Å². The van der Waals surface area contributed by atoms with E-state index in [1.165, 1.54) is 0 Å². The summed E-state index contributed by atoms with van der Waals surface area (Å²) in [5.41, 5.74) is 1.98. The summed E-state index contributed by atoms with van der Waals surface area (Å²) in [6.07, 6.45) is 8.80. The van der Waals surface area contributed by atoms with Crippen LogP contribution in [0, 0.1) is 0 Å². The summed E-state index contributed by atoms with van der Waals surface area (Å²) in [7, 11) is 1.96. The molecule has 6 heteroatoms. The topological polar surface area (TPSA) is 58.7 Å². The highest BCUT2D eigenvalue weighted by atomic mass is 16.3. The summed E-state index contributed by atoms with van der Waals surface area (Å²) in [5, 5.41) is 0. The van der Waals surface area contributed by atoms with Gasteiger partial charge in [0.25, 0.3) is 0 Å². The highest BCUT2D eigenvalue weighted by Gasteiger charge is 2.34. The lowest BCUT2D eigenvalue weighted by Gasteiger charge is -2.27. The number of nitrogens with zero attached hydrogens (tertiary/aromatic N) is 3. The first-order chi connectivity index (χ1) is 15.1. The van der Waals surface area contributed by atoms with E-state index in [1.807, 2.05) is 72.4 Å².